The van der Waals surface area contributed by atoms with Gasteiger partial charge in [-0.05, 0) is 154 Å². The van der Waals surface area contributed by atoms with Gasteiger partial charge in [-0.1, -0.05) is 154 Å². The van der Waals surface area contributed by atoms with E-state index < -0.39 is 0 Å². The van der Waals surface area contributed by atoms with Crippen LogP contribution in [0.5, 0.6) is 11.5 Å². The van der Waals surface area contributed by atoms with Crippen molar-refractivity contribution >= 4 is 56.3 Å². The highest BCUT2D eigenvalue weighted by Crippen LogP contribution is 2.61. The average molecular weight is 853 g/mol. The number of rotatable bonds is 5. The van der Waals surface area contributed by atoms with Crippen LogP contribution in [0.25, 0.3) is 60.9 Å². The molecule has 4 saturated carbocycles. The maximum atomic E-state index is 7.66. The molecule has 66 heavy (non-hydrogen) atoms. The molecule has 0 spiro atoms. The van der Waals surface area contributed by atoms with Gasteiger partial charge in [0.15, 0.2) is 0 Å². The largest absolute Gasteiger partial charge is 0.458 e. The summed E-state index contributed by atoms with van der Waals surface area (Å²) >= 11 is 0. The summed E-state index contributed by atoms with van der Waals surface area (Å²) in [6.45, 7) is 6.85. The van der Waals surface area contributed by atoms with Crippen LogP contribution in [-0.2, 0) is 5.41 Å². The summed E-state index contributed by atoms with van der Waals surface area (Å²) < 4.78 is 10.1. The predicted octanol–water partition coefficient (Wildman–Crippen LogP) is 14.1. The summed E-state index contributed by atoms with van der Waals surface area (Å²) in [7, 11) is 0. The Hall–Kier alpha value is -6.78. The Morgan fingerprint density at radius 3 is 1.73 bits per heavy atom. The van der Waals surface area contributed by atoms with Crippen LogP contribution < -0.4 is 26.0 Å². The standard InChI is InChI=1S/C62H53BN2O/c1-61(2,3)47-25-22-43(23-26-47)46-32-57-59-58(33-46)66-60-51(44-16-8-5-9-17-44)34-48(64-54-20-12-10-18-49(54)50-19-11-13-21-55(50)64)35-53(60)63(59)52-31-45(42-14-6-4-7-15-42)24-27-56(52)65(57)62-36-39-28-40(37-62)30-41(29-39)38-62/h4-27,31-35,39-41H,28-30,36-38H2,1-3H3. The minimum atomic E-state index is -0.0598. The van der Waals surface area contributed by atoms with Gasteiger partial charge >= 0.3 is 0 Å². The zero-order chi connectivity index (χ0) is 43.9. The number of fused-ring (bicyclic) bond motifs is 7. The molecular weight excluding hydrogens is 800 g/mol. The molecule has 3 nitrogen and oxygen atoms in total. The van der Waals surface area contributed by atoms with E-state index in [4.69, 9.17) is 4.74 Å². The van der Waals surface area contributed by atoms with Crippen molar-refractivity contribution in [3.05, 3.63) is 181 Å². The first-order chi connectivity index (χ1) is 32.3. The summed E-state index contributed by atoms with van der Waals surface area (Å²) in [5, 5.41) is 2.53. The van der Waals surface area contributed by atoms with Crippen molar-refractivity contribution in [1.29, 1.82) is 0 Å². The third-order valence-electron chi connectivity index (χ3n) is 16.4. The predicted molar refractivity (Wildman–Crippen MR) is 276 cm³/mol. The van der Waals surface area contributed by atoms with Gasteiger partial charge in [0.05, 0.1) is 11.0 Å². The van der Waals surface area contributed by atoms with Crippen molar-refractivity contribution in [2.75, 3.05) is 4.90 Å². The Labute approximate surface area is 388 Å². The molecule has 0 unspecified atom stereocenters. The van der Waals surface area contributed by atoms with Gasteiger partial charge < -0.3 is 14.2 Å². The van der Waals surface area contributed by atoms with Crippen molar-refractivity contribution in [3.63, 3.8) is 0 Å². The van der Waals surface area contributed by atoms with Crippen molar-refractivity contribution in [1.82, 2.24) is 4.57 Å². The second-order valence-corrected chi connectivity index (χ2v) is 21.5. The Morgan fingerprint density at radius 2 is 1.09 bits per heavy atom. The van der Waals surface area contributed by atoms with E-state index in [1.807, 2.05) is 0 Å². The van der Waals surface area contributed by atoms with Crippen LogP contribution in [0.15, 0.2) is 176 Å². The van der Waals surface area contributed by atoms with E-state index in [0.29, 0.717) is 0 Å². The normalized spacial score (nSPS) is 21.2. The molecule has 0 radical (unpaired) electrons. The molecule has 4 aliphatic carbocycles. The monoisotopic (exact) mass is 852 g/mol. The smallest absolute Gasteiger partial charge is 0.256 e. The van der Waals surface area contributed by atoms with Crippen molar-refractivity contribution in [3.8, 4) is 50.6 Å². The molecule has 0 atom stereocenters. The molecule has 3 heterocycles. The summed E-state index contributed by atoms with van der Waals surface area (Å²) in [6, 6.07) is 66.4. The molecule has 0 amide bonds. The first kappa shape index (κ1) is 38.5. The zero-order valence-electron chi connectivity index (χ0n) is 38.1. The molecule has 4 heteroatoms. The molecule has 0 N–H and O–H groups in total. The quantitative estimate of drug-likeness (QED) is 0.161. The molecule has 6 aliphatic rings. The molecule has 4 fully saturated rings. The Bertz CT molecular complexity index is 3330. The molecule has 8 aromatic carbocycles. The van der Waals surface area contributed by atoms with Gasteiger partial charge in [-0.25, -0.2) is 0 Å². The fourth-order valence-corrected chi connectivity index (χ4v) is 14.0. The van der Waals surface area contributed by atoms with Crippen LogP contribution in [0.1, 0.15) is 64.9 Å². The minimum Gasteiger partial charge on any atom is -0.458 e. The molecule has 0 saturated heterocycles. The summed E-state index contributed by atoms with van der Waals surface area (Å²) in [6.07, 6.45) is 7.98. The number of para-hydroxylation sites is 2. The summed E-state index contributed by atoms with van der Waals surface area (Å²) in [4.78, 5) is 2.91. The van der Waals surface area contributed by atoms with Crippen molar-refractivity contribution < 1.29 is 4.74 Å². The fourth-order valence-electron chi connectivity index (χ4n) is 14.0. The highest BCUT2D eigenvalue weighted by atomic mass is 16.5. The first-order valence-electron chi connectivity index (χ1n) is 24.4. The summed E-state index contributed by atoms with van der Waals surface area (Å²) in [5.41, 5.74) is 18.9. The minimum absolute atomic E-state index is 0.0598. The number of ether oxygens (including phenoxy) is 1. The SMILES string of the molecule is CC(C)(C)c1ccc(-c2cc3c4c(c2)N(C25CC6CC(CC(C6)C2)C5)c2ccc(-c5ccccc5)cc2B4c2cc(-n4c5ccccc5c5ccccc54)cc(-c4ccccc4)c2O3)cc1. The molecule has 320 valence electrons. The maximum absolute atomic E-state index is 7.66. The third kappa shape index (κ3) is 5.76. The molecule has 9 aromatic rings. The second-order valence-electron chi connectivity index (χ2n) is 21.5. The second kappa shape index (κ2) is 14.1. The van der Waals surface area contributed by atoms with Gasteiger partial charge in [0.25, 0.3) is 6.71 Å². The Kier molecular flexibility index (Phi) is 8.23. The molecular formula is C62H53BN2O. The highest BCUT2D eigenvalue weighted by molar-refractivity contribution is 6.99. The molecule has 2 aliphatic heterocycles. The average Bonchev–Trinajstić information content (AvgIpc) is 3.67. The van der Waals surface area contributed by atoms with Crippen molar-refractivity contribution in [2.45, 2.75) is 70.3 Å². The highest BCUT2D eigenvalue weighted by Gasteiger charge is 2.57. The van der Waals surface area contributed by atoms with Crippen LogP contribution in [0.2, 0.25) is 0 Å². The number of hydrogen-bond donors (Lipinski definition) is 0. The molecule has 4 bridgehead atoms. The topological polar surface area (TPSA) is 17.4 Å². The van der Waals surface area contributed by atoms with E-state index in [0.717, 1.165) is 46.1 Å². The summed E-state index contributed by atoms with van der Waals surface area (Å²) in [5.74, 6) is 4.32. The van der Waals surface area contributed by atoms with E-state index in [2.05, 4.69) is 206 Å². The first-order valence-corrected chi connectivity index (χ1v) is 24.4. The van der Waals surface area contributed by atoms with E-state index in [1.165, 1.54) is 116 Å². The number of anilines is 2. The van der Waals surface area contributed by atoms with Crippen LogP contribution in [0.4, 0.5) is 11.4 Å². The number of benzene rings is 8. The van der Waals surface area contributed by atoms with Crippen LogP contribution in [0, 0.1) is 17.8 Å². The maximum Gasteiger partial charge on any atom is 0.256 e. The Morgan fingerprint density at radius 1 is 0.515 bits per heavy atom. The van der Waals surface area contributed by atoms with E-state index in [-0.39, 0.29) is 17.7 Å². The molecule has 1 aromatic heterocycles. The van der Waals surface area contributed by atoms with E-state index >= 15 is 0 Å². The van der Waals surface area contributed by atoms with Crippen molar-refractivity contribution in [2.24, 2.45) is 17.8 Å². The lowest BCUT2D eigenvalue weighted by molar-refractivity contribution is 0.000632. The van der Waals surface area contributed by atoms with Gasteiger partial charge in [0, 0.05) is 38.9 Å². The Balaban J connectivity index is 1.08. The third-order valence-corrected chi connectivity index (χ3v) is 16.4. The van der Waals surface area contributed by atoms with Gasteiger partial charge in [-0.2, -0.15) is 0 Å². The lowest BCUT2D eigenvalue weighted by atomic mass is 9.33. The lowest BCUT2D eigenvalue weighted by Crippen LogP contribution is -2.66. The van der Waals surface area contributed by atoms with E-state index in [9.17, 15) is 0 Å². The van der Waals surface area contributed by atoms with Gasteiger partial charge in [-0.3, -0.25) is 0 Å². The van der Waals surface area contributed by atoms with Gasteiger partial charge in [0.2, 0.25) is 0 Å². The van der Waals surface area contributed by atoms with Crippen LogP contribution in [-0.4, -0.2) is 16.8 Å². The number of nitrogens with zero attached hydrogens (tertiary/aromatic N) is 2. The number of hydrogen-bond acceptors (Lipinski definition) is 2. The fraction of sp³-hybridized carbons (Fsp3) is 0.226. The van der Waals surface area contributed by atoms with Gasteiger partial charge in [0.1, 0.15) is 11.5 Å². The number of aromatic nitrogens is 1. The van der Waals surface area contributed by atoms with Crippen LogP contribution >= 0.6 is 0 Å². The van der Waals surface area contributed by atoms with E-state index in [1.54, 1.807) is 0 Å². The van der Waals surface area contributed by atoms with Crippen LogP contribution in [0.3, 0.4) is 0 Å². The zero-order valence-corrected chi connectivity index (χ0v) is 38.1. The van der Waals surface area contributed by atoms with Gasteiger partial charge in [-0.15, -0.1) is 0 Å². The lowest BCUT2D eigenvalue weighted by Gasteiger charge is -2.62. The molecule has 15 rings (SSSR count).